The van der Waals surface area contributed by atoms with Crippen LogP contribution < -0.4 is 5.32 Å². The topological polar surface area (TPSA) is 62.6 Å². The molecule has 1 aromatic heterocycles. The van der Waals surface area contributed by atoms with Gasteiger partial charge in [-0.3, -0.25) is 9.59 Å². The highest BCUT2D eigenvalue weighted by Gasteiger charge is 2.35. The maximum absolute atomic E-state index is 12.4. The SMILES string of the molecule is Cc1ccc(SCCNC(=O)C2CCCN2C(=O)c2ccco2)cc1. The Balaban J connectivity index is 1.47. The highest BCUT2D eigenvalue weighted by molar-refractivity contribution is 7.99. The van der Waals surface area contributed by atoms with Gasteiger partial charge in [-0.25, -0.2) is 0 Å². The Labute approximate surface area is 151 Å². The van der Waals surface area contributed by atoms with Crippen molar-refractivity contribution in [3.63, 3.8) is 0 Å². The van der Waals surface area contributed by atoms with E-state index in [0.29, 0.717) is 19.5 Å². The van der Waals surface area contributed by atoms with Gasteiger partial charge in [0.1, 0.15) is 6.04 Å². The lowest BCUT2D eigenvalue weighted by molar-refractivity contribution is -0.124. The van der Waals surface area contributed by atoms with Crippen molar-refractivity contribution in [1.82, 2.24) is 10.2 Å². The van der Waals surface area contributed by atoms with Crippen LogP contribution in [-0.4, -0.2) is 41.6 Å². The Morgan fingerprint density at radius 2 is 2.08 bits per heavy atom. The van der Waals surface area contributed by atoms with Crippen LogP contribution in [0.5, 0.6) is 0 Å². The number of carbonyl (C=O) groups excluding carboxylic acids is 2. The molecule has 25 heavy (non-hydrogen) atoms. The fraction of sp³-hybridized carbons (Fsp3) is 0.368. The maximum Gasteiger partial charge on any atom is 0.290 e. The van der Waals surface area contributed by atoms with Crippen molar-refractivity contribution < 1.29 is 14.0 Å². The average molecular weight is 358 g/mol. The molecule has 1 unspecified atom stereocenters. The molecule has 132 valence electrons. The minimum atomic E-state index is -0.401. The van der Waals surface area contributed by atoms with Gasteiger partial charge in [0, 0.05) is 23.7 Å². The number of nitrogens with zero attached hydrogens (tertiary/aromatic N) is 1. The molecule has 0 radical (unpaired) electrons. The van der Waals surface area contributed by atoms with Gasteiger partial charge in [0.25, 0.3) is 5.91 Å². The molecule has 1 N–H and O–H groups in total. The second-order valence-corrected chi connectivity index (χ2v) is 7.25. The summed E-state index contributed by atoms with van der Waals surface area (Å²) in [7, 11) is 0. The largest absolute Gasteiger partial charge is 0.459 e. The van der Waals surface area contributed by atoms with Gasteiger partial charge in [0.05, 0.1) is 6.26 Å². The number of hydrogen-bond acceptors (Lipinski definition) is 4. The predicted octanol–water partition coefficient (Wildman–Crippen LogP) is 3.10. The highest BCUT2D eigenvalue weighted by atomic mass is 32.2. The minimum absolute atomic E-state index is 0.0816. The van der Waals surface area contributed by atoms with Gasteiger partial charge in [-0.1, -0.05) is 17.7 Å². The molecule has 2 heterocycles. The van der Waals surface area contributed by atoms with Crippen LogP contribution in [0.4, 0.5) is 0 Å². The molecule has 1 aromatic carbocycles. The molecule has 6 heteroatoms. The zero-order valence-electron chi connectivity index (χ0n) is 14.2. The van der Waals surface area contributed by atoms with Gasteiger partial charge in [-0.05, 0) is 44.0 Å². The summed E-state index contributed by atoms with van der Waals surface area (Å²) in [5, 5.41) is 2.95. The third kappa shape index (κ3) is 4.45. The van der Waals surface area contributed by atoms with E-state index in [-0.39, 0.29) is 17.6 Å². The van der Waals surface area contributed by atoms with Crippen LogP contribution in [0.3, 0.4) is 0 Å². The molecule has 0 spiro atoms. The minimum Gasteiger partial charge on any atom is -0.459 e. The Hall–Kier alpha value is -2.21. The Bertz CT molecular complexity index is 713. The summed E-state index contributed by atoms with van der Waals surface area (Å²) in [5.74, 6) is 0.793. The van der Waals surface area contributed by atoms with Crippen LogP contribution in [0.25, 0.3) is 0 Å². The molecule has 5 nitrogen and oxygen atoms in total. The van der Waals surface area contributed by atoms with Crippen LogP contribution >= 0.6 is 11.8 Å². The van der Waals surface area contributed by atoms with Gasteiger partial charge in [-0.2, -0.15) is 0 Å². The number of hydrogen-bond donors (Lipinski definition) is 1. The number of aryl methyl sites for hydroxylation is 1. The van der Waals surface area contributed by atoms with Crippen molar-refractivity contribution in [3.8, 4) is 0 Å². The number of amides is 2. The number of thioether (sulfide) groups is 1. The van der Waals surface area contributed by atoms with Crippen molar-refractivity contribution in [2.45, 2.75) is 30.7 Å². The summed E-state index contributed by atoms with van der Waals surface area (Å²) in [6.45, 7) is 3.23. The van der Waals surface area contributed by atoms with Crippen molar-refractivity contribution in [1.29, 1.82) is 0 Å². The number of carbonyl (C=O) groups is 2. The van der Waals surface area contributed by atoms with E-state index in [9.17, 15) is 9.59 Å². The number of furan rings is 1. The van der Waals surface area contributed by atoms with Gasteiger partial charge >= 0.3 is 0 Å². The Morgan fingerprint density at radius 1 is 1.28 bits per heavy atom. The van der Waals surface area contributed by atoms with Crippen molar-refractivity contribution in [2.24, 2.45) is 0 Å². The lowest BCUT2D eigenvalue weighted by atomic mass is 10.2. The lowest BCUT2D eigenvalue weighted by Gasteiger charge is -2.23. The third-order valence-corrected chi connectivity index (χ3v) is 5.25. The van der Waals surface area contributed by atoms with Gasteiger partial charge in [-0.15, -0.1) is 11.8 Å². The number of benzene rings is 1. The van der Waals surface area contributed by atoms with Crippen molar-refractivity contribution >= 4 is 23.6 Å². The molecule has 1 aliphatic heterocycles. The standard InChI is InChI=1S/C19H22N2O3S/c1-14-6-8-15(9-7-14)25-13-10-20-18(22)16-4-2-11-21(16)19(23)17-5-3-12-24-17/h3,5-9,12,16H,2,4,10-11,13H2,1H3,(H,20,22). The van der Waals surface area contributed by atoms with Crippen LogP contribution in [0.15, 0.2) is 52.0 Å². The zero-order valence-corrected chi connectivity index (χ0v) is 15.1. The Morgan fingerprint density at radius 3 is 2.80 bits per heavy atom. The van der Waals surface area contributed by atoms with Crippen molar-refractivity contribution in [2.75, 3.05) is 18.8 Å². The Kier molecular flexibility index (Phi) is 5.81. The van der Waals surface area contributed by atoms with Gasteiger partial charge < -0.3 is 14.6 Å². The first-order chi connectivity index (χ1) is 12.1. The molecule has 2 aromatic rings. The first-order valence-corrected chi connectivity index (χ1v) is 9.45. The molecule has 0 saturated carbocycles. The van der Waals surface area contributed by atoms with Crippen molar-refractivity contribution in [3.05, 3.63) is 54.0 Å². The lowest BCUT2D eigenvalue weighted by Crippen LogP contribution is -2.46. The summed E-state index contributed by atoms with van der Waals surface area (Å²) >= 11 is 1.71. The molecule has 1 atom stereocenters. The number of rotatable bonds is 6. The molecule has 1 saturated heterocycles. The summed E-state index contributed by atoms with van der Waals surface area (Å²) in [5.41, 5.74) is 1.24. The van der Waals surface area contributed by atoms with E-state index in [1.807, 2.05) is 0 Å². The van der Waals surface area contributed by atoms with Crippen LogP contribution in [0.2, 0.25) is 0 Å². The first-order valence-electron chi connectivity index (χ1n) is 8.47. The molecule has 3 rings (SSSR count). The summed E-state index contributed by atoms with van der Waals surface area (Å²) in [4.78, 5) is 27.7. The number of likely N-dealkylation sites (tertiary alicyclic amines) is 1. The quantitative estimate of drug-likeness (QED) is 0.637. The second kappa shape index (κ2) is 8.25. The fourth-order valence-corrected chi connectivity index (χ4v) is 3.69. The molecule has 1 fully saturated rings. The van der Waals surface area contributed by atoms with E-state index in [2.05, 4.69) is 36.5 Å². The summed E-state index contributed by atoms with van der Waals surface area (Å²) in [6.07, 6.45) is 3.01. The fourth-order valence-electron chi connectivity index (χ4n) is 2.92. The zero-order chi connectivity index (χ0) is 17.6. The van der Waals surface area contributed by atoms with E-state index in [1.165, 1.54) is 16.7 Å². The van der Waals surface area contributed by atoms with E-state index < -0.39 is 6.04 Å². The molecule has 0 bridgehead atoms. The molecule has 2 amide bonds. The van der Waals surface area contributed by atoms with Crippen LogP contribution in [0.1, 0.15) is 29.0 Å². The normalized spacial score (nSPS) is 16.8. The first kappa shape index (κ1) is 17.6. The average Bonchev–Trinajstić information content (AvgIpc) is 3.31. The molecule has 1 aliphatic rings. The van der Waals surface area contributed by atoms with E-state index >= 15 is 0 Å². The van der Waals surface area contributed by atoms with Gasteiger partial charge in [0.15, 0.2) is 5.76 Å². The van der Waals surface area contributed by atoms with E-state index in [0.717, 1.165) is 12.2 Å². The maximum atomic E-state index is 12.4. The number of nitrogens with one attached hydrogen (secondary N) is 1. The van der Waals surface area contributed by atoms with E-state index in [4.69, 9.17) is 4.42 Å². The summed E-state index contributed by atoms with van der Waals surface area (Å²) in [6, 6.07) is 11.2. The molecule has 0 aliphatic carbocycles. The molecular weight excluding hydrogens is 336 g/mol. The summed E-state index contributed by atoms with van der Waals surface area (Å²) < 4.78 is 5.17. The van der Waals surface area contributed by atoms with E-state index in [1.54, 1.807) is 28.8 Å². The van der Waals surface area contributed by atoms with Gasteiger partial charge in [0.2, 0.25) is 5.91 Å². The van der Waals surface area contributed by atoms with Crippen LogP contribution in [-0.2, 0) is 4.79 Å². The monoisotopic (exact) mass is 358 g/mol. The molecular formula is C19H22N2O3S. The highest BCUT2D eigenvalue weighted by Crippen LogP contribution is 2.21. The third-order valence-electron chi connectivity index (χ3n) is 4.24. The predicted molar refractivity (Wildman–Crippen MR) is 97.7 cm³/mol. The second-order valence-electron chi connectivity index (χ2n) is 6.09. The smallest absolute Gasteiger partial charge is 0.290 e. The van der Waals surface area contributed by atoms with Crippen LogP contribution in [0, 0.1) is 6.92 Å².